The van der Waals surface area contributed by atoms with E-state index in [0.29, 0.717) is 0 Å². The van der Waals surface area contributed by atoms with E-state index in [2.05, 4.69) is 6.92 Å². The smallest absolute Gasteiger partial charge is 0.0141 e. The molecule has 0 saturated heterocycles. The second-order valence-electron chi connectivity index (χ2n) is 3.13. The van der Waals surface area contributed by atoms with Crippen LogP contribution in [0.4, 0.5) is 0 Å². The van der Waals surface area contributed by atoms with Crippen LogP contribution in [0.15, 0.2) is 0 Å². The first-order valence-electron chi connectivity index (χ1n) is 4.21. The van der Waals surface area contributed by atoms with Gasteiger partial charge in [0.1, 0.15) is 0 Å². The van der Waals surface area contributed by atoms with E-state index in [0.717, 1.165) is 11.6 Å². The summed E-state index contributed by atoms with van der Waals surface area (Å²) in [6.07, 6.45) is 7.04. The Bertz CT molecular complexity index is 114. The lowest BCUT2D eigenvalue weighted by Crippen LogP contribution is -2.18. The lowest BCUT2D eigenvalue weighted by atomic mass is 9.87. The average molecular weight is 174 g/mol. The Morgan fingerprint density at radius 2 is 2.10 bits per heavy atom. The van der Waals surface area contributed by atoms with Crippen LogP contribution in [-0.4, -0.2) is 5.66 Å². The van der Waals surface area contributed by atoms with Crippen molar-refractivity contribution >= 4 is 19.2 Å². The summed E-state index contributed by atoms with van der Waals surface area (Å²) in [5, 5.41) is 0. The van der Waals surface area contributed by atoms with Gasteiger partial charge in [0.25, 0.3) is 0 Å². The van der Waals surface area contributed by atoms with Gasteiger partial charge in [-0.05, 0) is 26.1 Å². The largest absolute Gasteiger partial charge is 0.0651 e. The van der Waals surface area contributed by atoms with E-state index in [-0.39, 0.29) is 0 Å². The Hall–Kier alpha value is 0.520. The van der Waals surface area contributed by atoms with Gasteiger partial charge in [-0.2, -0.15) is 0 Å². The molecule has 2 atom stereocenters. The SMILES string of the molecule is CCC1CCCCC1P=S. The van der Waals surface area contributed by atoms with Gasteiger partial charge in [-0.25, -0.2) is 0 Å². The zero-order valence-corrected chi connectivity index (χ0v) is 8.26. The van der Waals surface area contributed by atoms with Crippen molar-refractivity contribution in [3.05, 3.63) is 0 Å². The molecule has 0 spiro atoms. The molecule has 0 radical (unpaired) electrons. The minimum Gasteiger partial charge on any atom is -0.0651 e. The van der Waals surface area contributed by atoms with Crippen molar-refractivity contribution < 1.29 is 0 Å². The summed E-state index contributed by atoms with van der Waals surface area (Å²) < 4.78 is 0. The molecule has 58 valence electrons. The number of rotatable bonds is 2. The highest BCUT2D eigenvalue weighted by molar-refractivity contribution is 7.96. The van der Waals surface area contributed by atoms with E-state index in [1.165, 1.54) is 39.5 Å². The quantitative estimate of drug-likeness (QED) is 0.578. The highest BCUT2D eigenvalue weighted by atomic mass is 32.4. The molecule has 0 N–H and O–H groups in total. The van der Waals surface area contributed by atoms with E-state index in [4.69, 9.17) is 11.8 Å². The third-order valence-electron chi connectivity index (χ3n) is 2.53. The molecule has 0 heterocycles. The zero-order valence-electron chi connectivity index (χ0n) is 6.55. The fraction of sp³-hybridized carbons (Fsp3) is 1.00. The van der Waals surface area contributed by atoms with E-state index in [9.17, 15) is 0 Å². The molecule has 0 amide bonds. The average Bonchev–Trinajstić information content (AvgIpc) is 2.04. The summed E-state index contributed by atoms with van der Waals surface area (Å²) >= 11 is 5.09. The minimum absolute atomic E-state index is 0.855. The number of hydrogen-bond acceptors (Lipinski definition) is 1. The maximum Gasteiger partial charge on any atom is 0.0141 e. The van der Waals surface area contributed by atoms with E-state index < -0.39 is 0 Å². The second kappa shape index (κ2) is 4.41. The first kappa shape index (κ1) is 8.62. The molecule has 0 aromatic heterocycles. The minimum atomic E-state index is 0.855. The van der Waals surface area contributed by atoms with Gasteiger partial charge >= 0.3 is 0 Å². The molecule has 0 nitrogen and oxygen atoms in total. The molecule has 2 unspecified atom stereocenters. The van der Waals surface area contributed by atoms with Crippen LogP contribution in [0.5, 0.6) is 0 Å². The Morgan fingerprint density at radius 3 is 2.60 bits per heavy atom. The van der Waals surface area contributed by atoms with Gasteiger partial charge in [0, 0.05) is 5.66 Å². The Labute approximate surface area is 70.2 Å². The van der Waals surface area contributed by atoms with Gasteiger partial charge in [-0.3, -0.25) is 0 Å². The zero-order chi connectivity index (χ0) is 7.40. The van der Waals surface area contributed by atoms with Crippen molar-refractivity contribution in [3.8, 4) is 0 Å². The van der Waals surface area contributed by atoms with Gasteiger partial charge in [0.05, 0.1) is 0 Å². The fourth-order valence-electron chi connectivity index (χ4n) is 1.80. The Kier molecular flexibility index (Phi) is 3.80. The lowest BCUT2D eigenvalue weighted by Gasteiger charge is -2.26. The highest BCUT2D eigenvalue weighted by Gasteiger charge is 2.21. The Balaban J connectivity index is 2.41. The van der Waals surface area contributed by atoms with Gasteiger partial charge in [-0.15, -0.1) is 0 Å². The van der Waals surface area contributed by atoms with Crippen LogP contribution in [0.1, 0.15) is 39.0 Å². The standard InChI is InChI=1S/C8H15PS/c1-2-7-5-3-4-6-8(7)9-10/h7-8H,2-6H2,1H3. The summed E-state index contributed by atoms with van der Waals surface area (Å²) in [6.45, 7) is 2.30. The van der Waals surface area contributed by atoms with Crippen molar-refractivity contribution in [2.45, 2.75) is 44.7 Å². The third-order valence-corrected chi connectivity index (χ3v) is 4.29. The highest BCUT2D eigenvalue weighted by Crippen LogP contribution is 2.34. The van der Waals surface area contributed by atoms with Gasteiger partial charge in [0.15, 0.2) is 0 Å². The maximum absolute atomic E-state index is 5.09. The van der Waals surface area contributed by atoms with E-state index in [1.54, 1.807) is 0 Å². The lowest BCUT2D eigenvalue weighted by molar-refractivity contribution is 0.361. The van der Waals surface area contributed by atoms with Crippen LogP contribution in [0.2, 0.25) is 0 Å². The molecule has 1 aliphatic carbocycles. The first-order valence-corrected chi connectivity index (χ1v) is 6.18. The Morgan fingerprint density at radius 1 is 1.40 bits per heavy atom. The van der Waals surface area contributed by atoms with Gasteiger partial charge < -0.3 is 0 Å². The van der Waals surface area contributed by atoms with Crippen LogP contribution in [0.25, 0.3) is 0 Å². The van der Waals surface area contributed by atoms with Gasteiger partial charge in [-0.1, -0.05) is 38.0 Å². The summed E-state index contributed by atoms with van der Waals surface area (Å²) in [4.78, 5) is 0. The molecular formula is C8H15PS. The van der Waals surface area contributed by atoms with Gasteiger partial charge in [0.2, 0.25) is 0 Å². The maximum atomic E-state index is 5.09. The molecule has 10 heavy (non-hydrogen) atoms. The van der Waals surface area contributed by atoms with Crippen molar-refractivity contribution in [1.29, 1.82) is 0 Å². The summed E-state index contributed by atoms with van der Waals surface area (Å²) in [7, 11) is 1.22. The molecule has 1 saturated carbocycles. The summed E-state index contributed by atoms with van der Waals surface area (Å²) in [5.74, 6) is 0.952. The molecule has 0 aromatic carbocycles. The van der Waals surface area contributed by atoms with Crippen LogP contribution in [0.3, 0.4) is 0 Å². The first-order chi connectivity index (χ1) is 4.88. The third kappa shape index (κ3) is 2.00. The second-order valence-corrected chi connectivity index (χ2v) is 4.63. The molecule has 2 heteroatoms. The number of hydrogen-bond donors (Lipinski definition) is 0. The molecular weight excluding hydrogens is 159 g/mol. The molecule has 0 aliphatic heterocycles. The molecule has 1 aliphatic rings. The topological polar surface area (TPSA) is 0 Å². The fourth-order valence-corrected chi connectivity index (χ4v) is 3.46. The predicted octanol–water partition coefficient (Wildman–Crippen LogP) is 3.36. The molecule has 0 aromatic rings. The van der Waals surface area contributed by atoms with Crippen molar-refractivity contribution in [1.82, 2.24) is 0 Å². The summed E-state index contributed by atoms with van der Waals surface area (Å²) in [5.41, 5.74) is 0.855. The normalized spacial score (nSPS) is 34.5. The van der Waals surface area contributed by atoms with Crippen LogP contribution in [0, 0.1) is 5.92 Å². The predicted molar refractivity (Wildman–Crippen MR) is 50.3 cm³/mol. The van der Waals surface area contributed by atoms with E-state index >= 15 is 0 Å². The van der Waals surface area contributed by atoms with Crippen molar-refractivity contribution in [2.24, 2.45) is 5.92 Å². The monoisotopic (exact) mass is 174 g/mol. The van der Waals surface area contributed by atoms with Crippen molar-refractivity contribution in [2.75, 3.05) is 0 Å². The van der Waals surface area contributed by atoms with E-state index in [1.807, 2.05) is 0 Å². The summed E-state index contributed by atoms with van der Waals surface area (Å²) in [6, 6.07) is 0. The van der Waals surface area contributed by atoms with Crippen LogP contribution < -0.4 is 0 Å². The van der Waals surface area contributed by atoms with Crippen molar-refractivity contribution in [3.63, 3.8) is 0 Å². The molecule has 1 fully saturated rings. The van der Waals surface area contributed by atoms with Crippen LogP contribution in [-0.2, 0) is 11.8 Å². The van der Waals surface area contributed by atoms with Crippen LogP contribution >= 0.6 is 7.36 Å². The molecule has 1 rings (SSSR count). The molecule has 0 bridgehead atoms.